The first-order chi connectivity index (χ1) is 9.17. The lowest BCUT2D eigenvalue weighted by Gasteiger charge is -2.31. The van der Waals surface area contributed by atoms with E-state index < -0.39 is 0 Å². The van der Waals surface area contributed by atoms with Crippen LogP contribution in [0.4, 0.5) is 0 Å². The zero-order valence-corrected chi connectivity index (χ0v) is 12.0. The van der Waals surface area contributed by atoms with Crippen LogP contribution in [0, 0.1) is 0 Å². The van der Waals surface area contributed by atoms with Crippen LogP contribution in [-0.4, -0.2) is 29.8 Å². The van der Waals surface area contributed by atoms with E-state index in [4.69, 9.17) is 13.9 Å². The van der Waals surface area contributed by atoms with Gasteiger partial charge < -0.3 is 19.2 Å². The molecule has 0 bridgehead atoms. The molecule has 1 saturated heterocycles. The predicted octanol–water partition coefficient (Wildman–Crippen LogP) is 2.51. The van der Waals surface area contributed by atoms with Gasteiger partial charge in [-0.1, -0.05) is 6.92 Å². The molecule has 0 aromatic carbocycles. The molecule has 1 fully saturated rings. The zero-order chi connectivity index (χ0) is 13.7. The topological polar surface area (TPSA) is 56.5 Å². The Bertz CT molecular complexity index is 371. The summed E-state index contributed by atoms with van der Waals surface area (Å²) in [4.78, 5) is 4.33. The quantitative estimate of drug-likeness (QED) is 0.803. The fourth-order valence-electron chi connectivity index (χ4n) is 2.40. The highest BCUT2D eigenvalue weighted by molar-refractivity contribution is 5.00. The minimum atomic E-state index is 0.133. The van der Waals surface area contributed by atoms with Gasteiger partial charge in [0, 0.05) is 19.4 Å². The summed E-state index contributed by atoms with van der Waals surface area (Å²) in [5.74, 6) is 0. The molecule has 2 unspecified atom stereocenters. The second kappa shape index (κ2) is 6.91. The van der Waals surface area contributed by atoms with Gasteiger partial charge in [-0.05, 0) is 26.8 Å². The summed E-state index contributed by atoms with van der Waals surface area (Å²) in [5.41, 5.74) is 0.886. The third kappa shape index (κ3) is 4.51. The number of hydrogen-bond acceptors (Lipinski definition) is 5. The fraction of sp³-hybridized carbons (Fsp3) is 0.786. The van der Waals surface area contributed by atoms with Crippen molar-refractivity contribution in [1.82, 2.24) is 10.3 Å². The van der Waals surface area contributed by atoms with Gasteiger partial charge in [0.15, 0.2) is 0 Å². The Morgan fingerprint density at radius 1 is 1.37 bits per heavy atom. The molecule has 0 radical (unpaired) electrons. The molecule has 0 amide bonds. The molecule has 2 heterocycles. The number of nitrogens with zero attached hydrogens (tertiary/aromatic N) is 1. The van der Waals surface area contributed by atoms with Crippen molar-refractivity contribution in [3.63, 3.8) is 0 Å². The number of ether oxygens (including phenoxy) is 2. The van der Waals surface area contributed by atoms with Crippen LogP contribution in [0.15, 0.2) is 10.7 Å². The van der Waals surface area contributed by atoms with E-state index in [1.54, 1.807) is 6.26 Å². The number of hydrogen-bond donors (Lipinski definition) is 1. The van der Waals surface area contributed by atoms with Gasteiger partial charge in [-0.25, -0.2) is 0 Å². The molecule has 1 aromatic heterocycles. The van der Waals surface area contributed by atoms with Crippen LogP contribution in [-0.2, 0) is 11.3 Å². The predicted molar refractivity (Wildman–Crippen MR) is 72.2 cm³/mol. The van der Waals surface area contributed by atoms with Crippen molar-refractivity contribution in [3.8, 4) is 6.08 Å². The highest BCUT2D eigenvalue weighted by Gasteiger charge is 2.26. The molecule has 2 rings (SSSR count). The van der Waals surface area contributed by atoms with Crippen molar-refractivity contribution in [2.24, 2.45) is 0 Å². The van der Waals surface area contributed by atoms with Crippen LogP contribution in [0.3, 0.4) is 0 Å². The van der Waals surface area contributed by atoms with E-state index >= 15 is 0 Å². The smallest absolute Gasteiger partial charge is 0.394 e. The molecule has 0 saturated carbocycles. The molecule has 1 aliphatic rings. The summed E-state index contributed by atoms with van der Waals surface area (Å²) >= 11 is 0. The van der Waals surface area contributed by atoms with Gasteiger partial charge in [-0.15, -0.1) is 0 Å². The Morgan fingerprint density at radius 3 is 2.79 bits per heavy atom. The van der Waals surface area contributed by atoms with Crippen molar-refractivity contribution in [2.45, 2.75) is 64.9 Å². The fourth-order valence-corrected chi connectivity index (χ4v) is 2.40. The highest BCUT2D eigenvalue weighted by Crippen LogP contribution is 2.23. The average Bonchev–Trinajstić information content (AvgIpc) is 2.76. The minimum Gasteiger partial charge on any atom is -0.447 e. The first kappa shape index (κ1) is 14.3. The summed E-state index contributed by atoms with van der Waals surface area (Å²) in [5, 5.41) is 3.28. The molecule has 0 spiro atoms. The van der Waals surface area contributed by atoms with Crippen LogP contribution in [0.25, 0.3) is 0 Å². The maximum Gasteiger partial charge on any atom is 0.394 e. The summed E-state index contributed by atoms with van der Waals surface area (Å²) in [6, 6.07) is 0. The van der Waals surface area contributed by atoms with Crippen molar-refractivity contribution in [3.05, 3.63) is 12.0 Å². The van der Waals surface area contributed by atoms with Gasteiger partial charge >= 0.3 is 6.08 Å². The van der Waals surface area contributed by atoms with Crippen molar-refractivity contribution < 1.29 is 13.9 Å². The Morgan fingerprint density at radius 2 is 2.11 bits per heavy atom. The number of aromatic nitrogens is 1. The number of nitrogens with one attached hydrogen (secondary N) is 1. The van der Waals surface area contributed by atoms with E-state index in [0.29, 0.717) is 6.08 Å². The van der Waals surface area contributed by atoms with Crippen LogP contribution < -0.4 is 10.1 Å². The molecule has 1 aromatic rings. The standard InChI is InChI=1S/C14H24N2O3/c1-4-5-15-8-12-9-17-14(16-12)19-13-6-10(2)18-11(3)7-13/h9-11,13,15H,4-8H2,1-3H3. The summed E-state index contributed by atoms with van der Waals surface area (Å²) in [7, 11) is 0. The molecule has 0 aliphatic carbocycles. The van der Waals surface area contributed by atoms with E-state index in [0.717, 1.165) is 38.0 Å². The van der Waals surface area contributed by atoms with Gasteiger partial charge in [-0.2, -0.15) is 4.98 Å². The Balaban J connectivity index is 1.82. The van der Waals surface area contributed by atoms with Crippen LogP contribution in [0.2, 0.25) is 0 Å². The first-order valence-electron chi connectivity index (χ1n) is 7.14. The van der Waals surface area contributed by atoms with E-state index in [2.05, 4.69) is 31.1 Å². The van der Waals surface area contributed by atoms with Crippen LogP contribution >= 0.6 is 0 Å². The highest BCUT2D eigenvalue weighted by atomic mass is 16.6. The lowest BCUT2D eigenvalue weighted by atomic mass is 10.0. The maximum atomic E-state index is 5.80. The van der Waals surface area contributed by atoms with Gasteiger partial charge in [0.2, 0.25) is 0 Å². The number of oxazole rings is 1. The zero-order valence-electron chi connectivity index (χ0n) is 12.0. The van der Waals surface area contributed by atoms with E-state index in [1.165, 1.54) is 0 Å². The number of rotatable bonds is 6. The van der Waals surface area contributed by atoms with Gasteiger partial charge in [0.05, 0.1) is 17.9 Å². The second-order valence-corrected chi connectivity index (χ2v) is 5.25. The van der Waals surface area contributed by atoms with Gasteiger partial charge in [-0.3, -0.25) is 0 Å². The van der Waals surface area contributed by atoms with Crippen molar-refractivity contribution in [2.75, 3.05) is 6.54 Å². The SMILES string of the molecule is CCCNCc1coc(OC2CC(C)OC(C)C2)n1. The Kier molecular flexibility index (Phi) is 5.22. The van der Waals surface area contributed by atoms with E-state index in [-0.39, 0.29) is 18.3 Å². The molecule has 2 atom stereocenters. The third-order valence-electron chi connectivity index (χ3n) is 3.19. The van der Waals surface area contributed by atoms with E-state index in [1.807, 2.05) is 0 Å². The average molecular weight is 268 g/mol. The maximum absolute atomic E-state index is 5.80. The third-order valence-corrected chi connectivity index (χ3v) is 3.19. The molecule has 5 nitrogen and oxygen atoms in total. The molecule has 1 aliphatic heterocycles. The van der Waals surface area contributed by atoms with Gasteiger partial charge in [0.25, 0.3) is 0 Å². The molecule has 1 N–H and O–H groups in total. The van der Waals surface area contributed by atoms with Crippen molar-refractivity contribution >= 4 is 0 Å². The summed E-state index contributed by atoms with van der Waals surface area (Å²) < 4.78 is 16.8. The molecule has 5 heteroatoms. The Labute approximate surface area is 114 Å². The lowest BCUT2D eigenvalue weighted by Crippen LogP contribution is -2.35. The monoisotopic (exact) mass is 268 g/mol. The lowest BCUT2D eigenvalue weighted by molar-refractivity contribution is -0.0772. The largest absolute Gasteiger partial charge is 0.447 e. The summed E-state index contributed by atoms with van der Waals surface area (Å²) in [6.45, 7) is 7.99. The molecular formula is C14H24N2O3. The summed E-state index contributed by atoms with van der Waals surface area (Å²) in [6.07, 6.45) is 5.51. The molecule has 108 valence electrons. The van der Waals surface area contributed by atoms with E-state index in [9.17, 15) is 0 Å². The van der Waals surface area contributed by atoms with Gasteiger partial charge in [0.1, 0.15) is 12.4 Å². The molecule has 19 heavy (non-hydrogen) atoms. The normalized spacial score (nSPS) is 27.4. The molecular weight excluding hydrogens is 244 g/mol. The van der Waals surface area contributed by atoms with Crippen LogP contribution in [0.1, 0.15) is 45.7 Å². The van der Waals surface area contributed by atoms with Crippen LogP contribution in [0.5, 0.6) is 6.08 Å². The Hall–Kier alpha value is -1.07. The first-order valence-corrected chi connectivity index (χ1v) is 7.14. The minimum absolute atomic E-state index is 0.133. The second-order valence-electron chi connectivity index (χ2n) is 5.25. The van der Waals surface area contributed by atoms with Crippen molar-refractivity contribution in [1.29, 1.82) is 0 Å².